The Balaban J connectivity index is 1.44. The number of nitrogens with one attached hydrogen (secondary N) is 1. The fourth-order valence-corrected chi connectivity index (χ4v) is 5.52. The van der Waals surface area contributed by atoms with Crippen LogP contribution in [0.25, 0.3) is 0 Å². The lowest BCUT2D eigenvalue weighted by atomic mass is 9.75. The Labute approximate surface area is 166 Å². The first-order chi connectivity index (χ1) is 13.5. The van der Waals surface area contributed by atoms with Crippen molar-refractivity contribution in [1.82, 2.24) is 4.90 Å². The normalized spacial score (nSPS) is 22.4. The average molecular weight is 399 g/mol. The number of piperidine rings is 1. The summed E-state index contributed by atoms with van der Waals surface area (Å²) in [7, 11) is -3.67. The lowest BCUT2D eigenvalue weighted by Gasteiger charge is -2.41. The molecule has 148 valence electrons. The zero-order valence-corrected chi connectivity index (χ0v) is 16.7. The third-order valence-corrected chi connectivity index (χ3v) is 7.41. The molecule has 1 N–H and O–H groups in total. The summed E-state index contributed by atoms with van der Waals surface area (Å²) in [6, 6.07) is 15.0. The first-order valence-corrected chi connectivity index (χ1v) is 11.5. The Hall–Kier alpha value is -2.34. The topological polar surface area (TPSA) is 66.5 Å². The molecule has 2 fully saturated rings. The highest BCUT2D eigenvalue weighted by molar-refractivity contribution is 7.92. The van der Waals surface area contributed by atoms with E-state index >= 15 is 0 Å². The zero-order valence-electron chi connectivity index (χ0n) is 15.9. The number of para-hydroxylation sites is 1. The molecule has 2 atom stereocenters. The number of anilines is 1. The predicted octanol–water partition coefficient (Wildman–Crippen LogP) is 4.14. The second-order valence-electron chi connectivity index (χ2n) is 7.84. The summed E-state index contributed by atoms with van der Waals surface area (Å²) in [4.78, 5) is 15.0. The molecule has 0 spiro atoms. The first kappa shape index (κ1) is 19.0. The number of hydrogen-bond acceptors (Lipinski definition) is 3. The lowest BCUT2D eigenvalue weighted by Crippen LogP contribution is -2.44. The lowest BCUT2D eigenvalue weighted by molar-refractivity contribution is 0.0521. The van der Waals surface area contributed by atoms with Crippen LogP contribution < -0.4 is 4.72 Å². The SMILES string of the molecule is O=C(c1ccc(S(=O)(=O)Nc2ccccc2)cc1)N1CC[C@H]2CCCC[C@@H]2C1. The molecule has 2 aromatic rings. The Bertz CT molecular complexity index is 926. The Morgan fingerprint density at radius 3 is 2.29 bits per heavy atom. The molecule has 28 heavy (non-hydrogen) atoms. The van der Waals surface area contributed by atoms with E-state index in [4.69, 9.17) is 0 Å². The van der Waals surface area contributed by atoms with Crippen molar-refractivity contribution in [2.45, 2.75) is 37.0 Å². The summed E-state index contributed by atoms with van der Waals surface area (Å²) in [6.45, 7) is 1.63. The summed E-state index contributed by atoms with van der Waals surface area (Å²) in [5, 5.41) is 0. The van der Waals surface area contributed by atoms with E-state index in [9.17, 15) is 13.2 Å². The molecule has 5 nitrogen and oxygen atoms in total. The maximum absolute atomic E-state index is 12.9. The predicted molar refractivity (Wildman–Crippen MR) is 110 cm³/mol. The second-order valence-corrected chi connectivity index (χ2v) is 9.52. The molecule has 1 aliphatic heterocycles. The maximum atomic E-state index is 12.9. The number of hydrogen-bond donors (Lipinski definition) is 1. The van der Waals surface area contributed by atoms with Gasteiger partial charge in [-0.25, -0.2) is 8.42 Å². The van der Waals surface area contributed by atoms with E-state index in [2.05, 4.69) is 4.72 Å². The number of fused-ring (bicyclic) bond motifs is 1. The molecule has 1 saturated heterocycles. The van der Waals surface area contributed by atoms with Gasteiger partial charge in [0.05, 0.1) is 4.90 Å². The molecular weight excluding hydrogens is 372 g/mol. The van der Waals surface area contributed by atoms with E-state index in [-0.39, 0.29) is 10.8 Å². The number of carbonyl (C=O) groups is 1. The van der Waals surface area contributed by atoms with Crippen LogP contribution in [-0.4, -0.2) is 32.3 Å². The molecule has 0 radical (unpaired) electrons. The number of benzene rings is 2. The van der Waals surface area contributed by atoms with E-state index in [0.717, 1.165) is 25.4 Å². The number of sulfonamides is 1. The van der Waals surface area contributed by atoms with Gasteiger partial charge in [0.25, 0.3) is 15.9 Å². The van der Waals surface area contributed by atoms with Gasteiger partial charge in [-0.05, 0) is 61.1 Å². The van der Waals surface area contributed by atoms with Crippen molar-refractivity contribution in [1.29, 1.82) is 0 Å². The minimum absolute atomic E-state index is 0.00369. The molecule has 2 aromatic carbocycles. The molecule has 1 heterocycles. The molecule has 6 heteroatoms. The maximum Gasteiger partial charge on any atom is 0.261 e. The number of rotatable bonds is 4. The average Bonchev–Trinajstić information content (AvgIpc) is 2.73. The van der Waals surface area contributed by atoms with E-state index < -0.39 is 10.0 Å². The number of nitrogens with zero attached hydrogens (tertiary/aromatic N) is 1. The Kier molecular flexibility index (Phi) is 5.40. The van der Waals surface area contributed by atoms with Crippen LogP contribution in [0.1, 0.15) is 42.5 Å². The van der Waals surface area contributed by atoms with Crippen LogP contribution in [-0.2, 0) is 10.0 Å². The van der Waals surface area contributed by atoms with E-state index in [0.29, 0.717) is 17.2 Å². The summed E-state index contributed by atoms with van der Waals surface area (Å²) in [5.41, 5.74) is 1.06. The molecule has 0 unspecified atom stereocenters. The van der Waals surface area contributed by atoms with Crippen molar-refractivity contribution in [3.05, 3.63) is 60.2 Å². The highest BCUT2D eigenvalue weighted by Gasteiger charge is 2.33. The molecule has 2 aliphatic rings. The summed E-state index contributed by atoms with van der Waals surface area (Å²) < 4.78 is 27.6. The van der Waals surface area contributed by atoms with Crippen LogP contribution in [0.2, 0.25) is 0 Å². The standard InChI is InChI=1S/C22H26N2O3S/c25-22(24-15-14-17-6-4-5-7-19(17)16-24)18-10-12-21(13-11-18)28(26,27)23-20-8-2-1-3-9-20/h1-3,8-13,17,19,23H,4-7,14-16H2/t17-,19-/m1/s1. The molecule has 0 aromatic heterocycles. The van der Waals surface area contributed by atoms with Crippen LogP contribution in [0, 0.1) is 11.8 Å². The van der Waals surface area contributed by atoms with Gasteiger partial charge in [-0.2, -0.15) is 0 Å². The highest BCUT2D eigenvalue weighted by Crippen LogP contribution is 2.36. The third-order valence-electron chi connectivity index (χ3n) is 6.02. The van der Waals surface area contributed by atoms with Crippen LogP contribution in [0.4, 0.5) is 5.69 Å². The van der Waals surface area contributed by atoms with Gasteiger partial charge in [-0.15, -0.1) is 0 Å². The fraction of sp³-hybridized carbons (Fsp3) is 0.409. The van der Waals surface area contributed by atoms with Crippen LogP contribution >= 0.6 is 0 Å². The van der Waals surface area contributed by atoms with Gasteiger partial charge in [0, 0.05) is 24.3 Å². The smallest absolute Gasteiger partial charge is 0.261 e. The van der Waals surface area contributed by atoms with Crippen LogP contribution in [0.3, 0.4) is 0 Å². The van der Waals surface area contributed by atoms with Gasteiger partial charge in [-0.1, -0.05) is 37.5 Å². The van der Waals surface area contributed by atoms with Crippen molar-refractivity contribution >= 4 is 21.6 Å². The van der Waals surface area contributed by atoms with Gasteiger partial charge in [0.2, 0.25) is 0 Å². The second kappa shape index (κ2) is 7.95. The zero-order chi connectivity index (χ0) is 19.6. The first-order valence-electron chi connectivity index (χ1n) is 10.0. The number of likely N-dealkylation sites (tertiary alicyclic amines) is 1. The Morgan fingerprint density at radius 2 is 1.57 bits per heavy atom. The minimum Gasteiger partial charge on any atom is -0.338 e. The quantitative estimate of drug-likeness (QED) is 0.842. The largest absolute Gasteiger partial charge is 0.338 e. The van der Waals surface area contributed by atoms with E-state index in [1.165, 1.54) is 37.8 Å². The third kappa shape index (κ3) is 4.07. The van der Waals surface area contributed by atoms with Gasteiger partial charge in [0.1, 0.15) is 0 Å². The van der Waals surface area contributed by atoms with Gasteiger partial charge >= 0.3 is 0 Å². The fourth-order valence-electron chi connectivity index (χ4n) is 4.46. The molecule has 1 amide bonds. The van der Waals surface area contributed by atoms with Gasteiger partial charge in [0.15, 0.2) is 0 Å². The van der Waals surface area contributed by atoms with Crippen molar-refractivity contribution in [2.75, 3.05) is 17.8 Å². The van der Waals surface area contributed by atoms with Gasteiger partial charge in [-0.3, -0.25) is 9.52 Å². The van der Waals surface area contributed by atoms with Crippen molar-refractivity contribution in [2.24, 2.45) is 11.8 Å². The molecule has 4 rings (SSSR count). The molecular formula is C22H26N2O3S. The minimum atomic E-state index is -3.67. The molecule has 0 bridgehead atoms. The summed E-state index contributed by atoms with van der Waals surface area (Å²) in [5.74, 6) is 1.40. The van der Waals surface area contributed by atoms with Crippen LogP contribution in [0.5, 0.6) is 0 Å². The molecule has 1 saturated carbocycles. The Morgan fingerprint density at radius 1 is 0.893 bits per heavy atom. The van der Waals surface area contributed by atoms with E-state index in [1.54, 1.807) is 36.4 Å². The monoisotopic (exact) mass is 398 g/mol. The van der Waals surface area contributed by atoms with Crippen LogP contribution in [0.15, 0.2) is 59.5 Å². The number of carbonyl (C=O) groups excluding carboxylic acids is 1. The summed E-state index contributed by atoms with van der Waals surface area (Å²) >= 11 is 0. The van der Waals surface area contributed by atoms with Crippen molar-refractivity contribution in [3.8, 4) is 0 Å². The number of amides is 1. The highest BCUT2D eigenvalue weighted by atomic mass is 32.2. The summed E-state index contributed by atoms with van der Waals surface area (Å²) in [6.07, 6.45) is 6.19. The van der Waals surface area contributed by atoms with E-state index in [1.807, 2.05) is 11.0 Å². The van der Waals surface area contributed by atoms with Crippen molar-refractivity contribution in [3.63, 3.8) is 0 Å². The molecule has 1 aliphatic carbocycles. The van der Waals surface area contributed by atoms with Crippen molar-refractivity contribution < 1.29 is 13.2 Å². The van der Waals surface area contributed by atoms with Gasteiger partial charge < -0.3 is 4.90 Å².